The summed E-state index contributed by atoms with van der Waals surface area (Å²) in [4.78, 5) is 12.6. The van der Waals surface area contributed by atoms with Crippen LogP contribution in [-0.4, -0.2) is 29.6 Å². The van der Waals surface area contributed by atoms with Crippen molar-refractivity contribution in [3.8, 4) is 0 Å². The maximum atomic E-state index is 4.69. The Balaban J connectivity index is 2.47. The molecule has 0 spiro atoms. The highest BCUT2D eigenvalue weighted by atomic mass is 32.1. The molecule has 2 rings (SSSR count). The average molecular weight is 278 g/mol. The largest absolute Gasteiger partial charge is 0.356 e. The van der Waals surface area contributed by atoms with Crippen molar-refractivity contribution in [2.24, 2.45) is 0 Å². The van der Waals surface area contributed by atoms with Crippen LogP contribution in [-0.2, 0) is 0 Å². The Labute approximate surface area is 118 Å². The predicted octanol–water partition coefficient (Wildman–Crippen LogP) is 3.75. The summed E-state index contributed by atoms with van der Waals surface area (Å²) in [5.74, 6) is 1.76. The number of aromatic nitrogens is 2. The van der Waals surface area contributed by atoms with E-state index < -0.39 is 0 Å². The molecule has 0 saturated heterocycles. The van der Waals surface area contributed by atoms with E-state index in [2.05, 4.69) is 59.4 Å². The molecule has 0 atom stereocenters. The smallest absolute Gasteiger partial charge is 0.226 e. The molecule has 19 heavy (non-hydrogen) atoms. The first-order chi connectivity index (χ1) is 9.21. The van der Waals surface area contributed by atoms with Gasteiger partial charge in [-0.1, -0.05) is 13.8 Å². The van der Waals surface area contributed by atoms with Crippen LogP contribution in [0.4, 0.5) is 11.8 Å². The van der Waals surface area contributed by atoms with Crippen molar-refractivity contribution in [3.63, 3.8) is 0 Å². The van der Waals surface area contributed by atoms with Gasteiger partial charge in [0.25, 0.3) is 0 Å². The molecule has 0 fully saturated rings. The van der Waals surface area contributed by atoms with Gasteiger partial charge in [-0.05, 0) is 31.2 Å². The van der Waals surface area contributed by atoms with Gasteiger partial charge in [0, 0.05) is 19.6 Å². The van der Waals surface area contributed by atoms with Crippen LogP contribution in [0.3, 0.4) is 0 Å². The maximum Gasteiger partial charge on any atom is 0.226 e. The average Bonchev–Trinajstić information content (AvgIpc) is 2.87. The van der Waals surface area contributed by atoms with Gasteiger partial charge in [-0.25, -0.2) is 4.98 Å². The number of hydrogen-bond donors (Lipinski definition) is 1. The molecular formula is C14H22N4S. The molecule has 0 unspecified atom stereocenters. The molecule has 2 aromatic heterocycles. The fraction of sp³-hybridized carbons (Fsp3) is 0.571. The fourth-order valence-electron chi connectivity index (χ4n) is 2.36. The Morgan fingerprint density at radius 2 is 2.00 bits per heavy atom. The molecule has 0 aliphatic rings. The molecule has 0 aliphatic carbocycles. The van der Waals surface area contributed by atoms with E-state index in [1.54, 1.807) is 11.3 Å². The summed E-state index contributed by atoms with van der Waals surface area (Å²) >= 11 is 1.67. The Morgan fingerprint density at radius 1 is 1.26 bits per heavy atom. The predicted molar refractivity (Wildman–Crippen MR) is 84.4 cm³/mol. The second-order valence-electron chi connectivity index (χ2n) is 4.62. The van der Waals surface area contributed by atoms with Gasteiger partial charge in [-0.2, -0.15) is 4.98 Å². The van der Waals surface area contributed by atoms with Gasteiger partial charge in [0.05, 0.1) is 5.39 Å². The van der Waals surface area contributed by atoms with Crippen molar-refractivity contribution < 1.29 is 0 Å². The van der Waals surface area contributed by atoms with Crippen molar-refractivity contribution in [3.05, 3.63) is 11.4 Å². The summed E-state index contributed by atoms with van der Waals surface area (Å²) < 4.78 is 0. The van der Waals surface area contributed by atoms with E-state index in [4.69, 9.17) is 0 Å². The highest BCUT2D eigenvalue weighted by molar-refractivity contribution is 7.16. The molecule has 0 radical (unpaired) electrons. The standard InChI is InChI=1S/C14H22N4S/c1-5-10(6-2)18(4)12-11-8-9-19-13(11)17-14(16-12)15-7-3/h8-10H,5-7H2,1-4H3,(H,15,16,17). The molecule has 5 heteroatoms. The fourth-order valence-corrected chi connectivity index (χ4v) is 3.11. The minimum atomic E-state index is 0.521. The third-order valence-corrected chi connectivity index (χ3v) is 4.27. The second kappa shape index (κ2) is 6.19. The summed E-state index contributed by atoms with van der Waals surface area (Å²) in [5, 5.41) is 6.45. The van der Waals surface area contributed by atoms with Crippen LogP contribution < -0.4 is 10.2 Å². The lowest BCUT2D eigenvalue weighted by Gasteiger charge is -2.28. The zero-order chi connectivity index (χ0) is 13.8. The monoisotopic (exact) mass is 278 g/mol. The second-order valence-corrected chi connectivity index (χ2v) is 5.52. The topological polar surface area (TPSA) is 41.1 Å². The summed E-state index contributed by atoms with van der Waals surface area (Å²) in [7, 11) is 2.13. The summed E-state index contributed by atoms with van der Waals surface area (Å²) in [6, 6.07) is 2.64. The molecule has 0 bridgehead atoms. The molecule has 2 heterocycles. The third-order valence-electron chi connectivity index (χ3n) is 3.46. The van der Waals surface area contributed by atoms with Crippen molar-refractivity contribution in [1.82, 2.24) is 9.97 Å². The van der Waals surface area contributed by atoms with Crippen LogP contribution >= 0.6 is 11.3 Å². The maximum absolute atomic E-state index is 4.69. The number of anilines is 2. The first-order valence-electron chi connectivity index (χ1n) is 6.93. The number of thiophene rings is 1. The van der Waals surface area contributed by atoms with Gasteiger partial charge < -0.3 is 10.2 Å². The van der Waals surface area contributed by atoms with Crippen LogP contribution in [0.5, 0.6) is 0 Å². The molecule has 1 N–H and O–H groups in total. The van der Waals surface area contributed by atoms with Gasteiger partial charge >= 0.3 is 0 Å². The van der Waals surface area contributed by atoms with Gasteiger partial charge in [0.1, 0.15) is 10.6 Å². The summed E-state index contributed by atoms with van der Waals surface area (Å²) in [6.07, 6.45) is 2.25. The van der Waals surface area contributed by atoms with Gasteiger partial charge in [-0.15, -0.1) is 11.3 Å². The summed E-state index contributed by atoms with van der Waals surface area (Å²) in [5.41, 5.74) is 0. The van der Waals surface area contributed by atoms with E-state index in [0.29, 0.717) is 6.04 Å². The minimum absolute atomic E-state index is 0.521. The Bertz CT molecular complexity index is 533. The van der Waals surface area contributed by atoms with Crippen molar-refractivity contribution in [2.75, 3.05) is 23.8 Å². The molecule has 104 valence electrons. The Kier molecular flexibility index (Phi) is 4.58. The lowest BCUT2D eigenvalue weighted by atomic mass is 10.1. The lowest BCUT2D eigenvalue weighted by molar-refractivity contribution is 0.588. The van der Waals surface area contributed by atoms with Crippen molar-refractivity contribution in [1.29, 1.82) is 0 Å². The zero-order valence-electron chi connectivity index (χ0n) is 12.1. The Hall–Kier alpha value is -1.36. The molecule has 0 aliphatic heterocycles. The van der Waals surface area contributed by atoms with Crippen LogP contribution in [0.15, 0.2) is 11.4 Å². The van der Waals surface area contributed by atoms with Crippen LogP contribution in [0.1, 0.15) is 33.6 Å². The minimum Gasteiger partial charge on any atom is -0.356 e. The molecule has 0 aromatic carbocycles. The number of hydrogen-bond acceptors (Lipinski definition) is 5. The number of rotatable bonds is 6. The van der Waals surface area contributed by atoms with Crippen LogP contribution in [0.2, 0.25) is 0 Å². The van der Waals surface area contributed by atoms with E-state index in [1.807, 2.05) is 0 Å². The first-order valence-corrected chi connectivity index (χ1v) is 7.81. The molecule has 2 aromatic rings. The molecule has 4 nitrogen and oxygen atoms in total. The van der Waals surface area contributed by atoms with E-state index in [-0.39, 0.29) is 0 Å². The SMILES string of the molecule is CCNc1nc(N(C)C(CC)CC)c2ccsc2n1. The van der Waals surface area contributed by atoms with Gasteiger partial charge in [0.2, 0.25) is 5.95 Å². The van der Waals surface area contributed by atoms with Crippen molar-refractivity contribution in [2.45, 2.75) is 39.7 Å². The van der Waals surface area contributed by atoms with Gasteiger partial charge in [0.15, 0.2) is 0 Å². The first kappa shape index (κ1) is 14.1. The van der Waals surface area contributed by atoms with E-state index in [9.17, 15) is 0 Å². The van der Waals surface area contributed by atoms with Gasteiger partial charge in [-0.3, -0.25) is 0 Å². The Morgan fingerprint density at radius 3 is 2.63 bits per heavy atom. The quantitative estimate of drug-likeness (QED) is 0.873. The normalized spacial score (nSPS) is 11.2. The van der Waals surface area contributed by atoms with Crippen LogP contribution in [0, 0.1) is 0 Å². The number of nitrogens with zero attached hydrogens (tertiary/aromatic N) is 3. The van der Waals surface area contributed by atoms with E-state index in [0.717, 1.165) is 41.4 Å². The summed E-state index contributed by atoms with van der Waals surface area (Å²) in [6.45, 7) is 7.35. The molecule has 0 amide bonds. The third kappa shape index (κ3) is 2.81. The highest BCUT2D eigenvalue weighted by Crippen LogP contribution is 2.30. The van der Waals surface area contributed by atoms with E-state index in [1.165, 1.54) is 0 Å². The number of fused-ring (bicyclic) bond motifs is 1. The lowest BCUT2D eigenvalue weighted by Crippen LogP contribution is -2.31. The van der Waals surface area contributed by atoms with Crippen LogP contribution in [0.25, 0.3) is 10.2 Å². The molecular weight excluding hydrogens is 256 g/mol. The highest BCUT2D eigenvalue weighted by Gasteiger charge is 2.17. The number of nitrogens with one attached hydrogen (secondary N) is 1. The van der Waals surface area contributed by atoms with E-state index >= 15 is 0 Å². The van der Waals surface area contributed by atoms with Crippen molar-refractivity contribution >= 4 is 33.3 Å². The zero-order valence-corrected chi connectivity index (χ0v) is 12.9. The molecule has 0 saturated carbocycles.